The Morgan fingerprint density at radius 3 is 2.96 bits per heavy atom. The van der Waals surface area contributed by atoms with Crippen LogP contribution in [-0.4, -0.2) is 47.4 Å². The van der Waals surface area contributed by atoms with Crippen molar-refractivity contribution in [3.05, 3.63) is 35.9 Å². The molecule has 1 heterocycles. The number of ether oxygens (including phenoxy) is 1. The maximum Gasteiger partial charge on any atom is 0.328 e. The molecule has 9 heteroatoms. The Morgan fingerprint density at radius 1 is 1.52 bits per heavy atom. The van der Waals surface area contributed by atoms with Crippen LogP contribution in [0.2, 0.25) is 5.02 Å². The van der Waals surface area contributed by atoms with Crippen molar-refractivity contribution in [1.82, 2.24) is 5.32 Å². The fraction of sp³-hybridized carbons (Fsp3) is 0.312. The first-order chi connectivity index (χ1) is 11.9. The maximum absolute atomic E-state index is 12.1. The van der Waals surface area contributed by atoms with E-state index in [1.54, 1.807) is 18.2 Å². The first-order valence-corrected chi connectivity index (χ1v) is 8.64. The summed E-state index contributed by atoms with van der Waals surface area (Å²) in [6.45, 7) is 3.46. The number of hydrogen-bond donors (Lipinski definition) is 3. The van der Waals surface area contributed by atoms with Crippen LogP contribution in [-0.2, 0) is 19.1 Å². The predicted octanol–water partition coefficient (Wildman–Crippen LogP) is 1.91. The zero-order valence-corrected chi connectivity index (χ0v) is 14.7. The number of hydrogen-bond acceptors (Lipinski definition) is 5. The first-order valence-electron chi connectivity index (χ1n) is 7.38. The summed E-state index contributed by atoms with van der Waals surface area (Å²) in [5, 5.41) is 14.0. The Hall–Kier alpha value is -2.03. The van der Waals surface area contributed by atoms with Gasteiger partial charge in [-0.25, -0.2) is 4.79 Å². The number of fused-ring (bicyclic) bond motifs is 1. The predicted molar refractivity (Wildman–Crippen MR) is 94.9 cm³/mol. The third-order valence-electron chi connectivity index (χ3n) is 3.29. The van der Waals surface area contributed by atoms with Gasteiger partial charge in [-0.1, -0.05) is 17.7 Å². The molecule has 0 radical (unpaired) electrons. The van der Waals surface area contributed by atoms with Gasteiger partial charge in [0.15, 0.2) is 6.04 Å². The minimum atomic E-state index is -1.21. The monoisotopic (exact) mass is 384 g/mol. The topological polar surface area (TPSA) is 105 Å². The van der Waals surface area contributed by atoms with E-state index in [0.29, 0.717) is 10.7 Å². The van der Waals surface area contributed by atoms with E-state index in [-0.39, 0.29) is 25.5 Å². The van der Waals surface area contributed by atoms with Gasteiger partial charge in [-0.15, -0.1) is 18.3 Å². The number of aliphatic carboxylic acids is 1. The standard InChI is InChI=1S/C16H17ClN2O5S/c1-2-5-24-8-11(16(22)23)18-14(20)7-13-15(21)19-10-6-9(17)3-4-12(10)25-13/h2-4,6,11,13H,1,5,7-8H2,(H,18,20)(H,19,21)(H,22,23). The van der Waals surface area contributed by atoms with E-state index in [9.17, 15) is 14.4 Å². The zero-order valence-electron chi connectivity index (χ0n) is 13.2. The number of halogens is 1. The molecular formula is C16H17ClN2O5S. The van der Waals surface area contributed by atoms with Gasteiger partial charge in [0.1, 0.15) is 0 Å². The van der Waals surface area contributed by atoms with Crippen LogP contribution in [0.5, 0.6) is 0 Å². The highest BCUT2D eigenvalue weighted by Gasteiger charge is 2.30. The zero-order chi connectivity index (χ0) is 18.4. The summed E-state index contributed by atoms with van der Waals surface area (Å²) in [7, 11) is 0. The Bertz CT molecular complexity index is 697. The second-order valence-corrected chi connectivity index (χ2v) is 6.91. The van der Waals surface area contributed by atoms with Gasteiger partial charge >= 0.3 is 5.97 Å². The molecule has 134 valence electrons. The molecule has 25 heavy (non-hydrogen) atoms. The van der Waals surface area contributed by atoms with Gasteiger partial charge < -0.3 is 20.5 Å². The van der Waals surface area contributed by atoms with Gasteiger partial charge in [0.25, 0.3) is 0 Å². The Balaban J connectivity index is 1.95. The van der Waals surface area contributed by atoms with Crippen molar-refractivity contribution in [2.24, 2.45) is 0 Å². The Morgan fingerprint density at radius 2 is 2.28 bits per heavy atom. The SMILES string of the molecule is C=CCOCC(NC(=O)CC1Sc2ccc(Cl)cc2NC1=O)C(=O)O. The molecule has 0 aliphatic carbocycles. The maximum atomic E-state index is 12.1. The number of nitrogens with one attached hydrogen (secondary N) is 2. The third-order valence-corrected chi connectivity index (χ3v) is 4.80. The van der Waals surface area contributed by atoms with Gasteiger partial charge in [-0.3, -0.25) is 9.59 Å². The van der Waals surface area contributed by atoms with Crippen LogP contribution in [0.3, 0.4) is 0 Å². The fourth-order valence-corrected chi connectivity index (χ4v) is 3.39. The van der Waals surface area contributed by atoms with Crippen molar-refractivity contribution in [2.45, 2.75) is 22.6 Å². The van der Waals surface area contributed by atoms with E-state index in [1.165, 1.54) is 17.8 Å². The minimum absolute atomic E-state index is 0.149. The molecule has 0 spiro atoms. The molecule has 7 nitrogen and oxygen atoms in total. The van der Waals surface area contributed by atoms with E-state index >= 15 is 0 Å². The van der Waals surface area contributed by atoms with Crippen LogP contribution in [0.25, 0.3) is 0 Å². The molecule has 2 rings (SSSR count). The van der Waals surface area contributed by atoms with Gasteiger partial charge in [0, 0.05) is 16.3 Å². The van der Waals surface area contributed by atoms with E-state index in [2.05, 4.69) is 17.2 Å². The number of rotatable bonds is 8. The van der Waals surface area contributed by atoms with Crippen LogP contribution >= 0.6 is 23.4 Å². The van der Waals surface area contributed by atoms with Gasteiger partial charge in [-0.2, -0.15) is 0 Å². The smallest absolute Gasteiger partial charge is 0.328 e. The van der Waals surface area contributed by atoms with Crippen LogP contribution in [0.4, 0.5) is 5.69 Å². The van der Waals surface area contributed by atoms with Gasteiger partial charge in [0.2, 0.25) is 11.8 Å². The summed E-state index contributed by atoms with van der Waals surface area (Å²) in [6, 6.07) is 3.90. The number of amides is 2. The molecule has 3 N–H and O–H groups in total. The number of carbonyl (C=O) groups excluding carboxylic acids is 2. The molecule has 1 aliphatic heterocycles. The minimum Gasteiger partial charge on any atom is -0.480 e. The van der Waals surface area contributed by atoms with Gasteiger partial charge in [-0.05, 0) is 18.2 Å². The molecule has 0 saturated carbocycles. The number of thioether (sulfide) groups is 1. The highest BCUT2D eigenvalue weighted by Crippen LogP contribution is 2.38. The lowest BCUT2D eigenvalue weighted by atomic mass is 10.2. The van der Waals surface area contributed by atoms with Crippen molar-refractivity contribution in [1.29, 1.82) is 0 Å². The summed E-state index contributed by atoms with van der Waals surface area (Å²) < 4.78 is 5.07. The number of anilines is 1. The molecule has 0 bridgehead atoms. The molecule has 2 amide bonds. The van der Waals surface area contributed by atoms with Crippen molar-refractivity contribution < 1.29 is 24.2 Å². The van der Waals surface area contributed by atoms with Crippen LogP contribution in [0.15, 0.2) is 35.7 Å². The second-order valence-electron chi connectivity index (χ2n) is 5.22. The molecule has 0 fully saturated rings. The number of carboxylic acids is 1. The van der Waals surface area contributed by atoms with E-state index < -0.39 is 23.2 Å². The fourth-order valence-electron chi connectivity index (χ4n) is 2.12. The first kappa shape index (κ1) is 19.3. The van der Waals surface area contributed by atoms with E-state index in [4.69, 9.17) is 21.4 Å². The highest BCUT2D eigenvalue weighted by atomic mass is 35.5. The lowest BCUT2D eigenvalue weighted by Gasteiger charge is -2.24. The lowest BCUT2D eigenvalue weighted by molar-refractivity contribution is -0.143. The van der Waals surface area contributed by atoms with Crippen LogP contribution in [0.1, 0.15) is 6.42 Å². The van der Waals surface area contributed by atoms with E-state index in [0.717, 1.165) is 4.90 Å². The summed E-state index contributed by atoms with van der Waals surface area (Å²) in [5.74, 6) is -2.08. The highest BCUT2D eigenvalue weighted by molar-refractivity contribution is 8.01. The molecule has 1 aromatic carbocycles. The number of carboxylic acid groups (broad SMARTS) is 1. The Labute approximate surface area is 153 Å². The van der Waals surface area contributed by atoms with Crippen molar-refractivity contribution >= 4 is 46.8 Å². The number of benzene rings is 1. The molecule has 2 atom stereocenters. The summed E-state index contributed by atoms with van der Waals surface area (Å²) in [4.78, 5) is 36.2. The Kier molecular flexibility index (Phi) is 6.86. The molecule has 2 unspecified atom stereocenters. The average Bonchev–Trinajstić information content (AvgIpc) is 2.55. The summed E-state index contributed by atoms with van der Waals surface area (Å²) in [6.07, 6.45) is 1.33. The molecule has 1 aliphatic rings. The van der Waals surface area contributed by atoms with Crippen LogP contribution in [0, 0.1) is 0 Å². The van der Waals surface area contributed by atoms with Crippen molar-refractivity contribution in [3.8, 4) is 0 Å². The average molecular weight is 385 g/mol. The molecule has 0 aromatic heterocycles. The largest absolute Gasteiger partial charge is 0.480 e. The normalized spacial score (nSPS) is 17.2. The molecule has 1 aromatic rings. The summed E-state index contributed by atoms with van der Waals surface area (Å²) >= 11 is 7.12. The van der Waals surface area contributed by atoms with Crippen molar-refractivity contribution in [3.63, 3.8) is 0 Å². The molecule has 0 saturated heterocycles. The third kappa shape index (κ3) is 5.48. The second kappa shape index (κ2) is 8.89. The van der Waals surface area contributed by atoms with Crippen LogP contribution < -0.4 is 10.6 Å². The number of carbonyl (C=O) groups is 3. The van der Waals surface area contributed by atoms with E-state index in [1.807, 2.05) is 0 Å². The van der Waals surface area contributed by atoms with Crippen molar-refractivity contribution in [2.75, 3.05) is 18.5 Å². The lowest BCUT2D eigenvalue weighted by Crippen LogP contribution is -2.45. The quantitative estimate of drug-likeness (QED) is 0.467. The molecular weight excluding hydrogens is 368 g/mol. The summed E-state index contributed by atoms with van der Waals surface area (Å²) in [5.41, 5.74) is 0.598. The van der Waals surface area contributed by atoms with Gasteiger partial charge in [0.05, 0.1) is 24.2 Å².